The molecule has 1 aromatic heterocycles. The van der Waals surface area contributed by atoms with Crippen LogP contribution in [-0.2, 0) is 0 Å². The van der Waals surface area contributed by atoms with Gasteiger partial charge >= 0.3 is 0 Å². The van der Waals surface area contributed by atoms with Gasteiger partial charge in [0.15, 0.2) is 0 Å². The smallest absolute Gasteiger partial charge is 0.136 e. The van der Waals surface area contributed by atoms with Gasteiger partial charge < -0.3 is 4.42 Å². The van der Waals surface area contributed by atoms with E-state index in [4.69, 9.17) is 4.42 Å². The summed E-state index contributed by atoms with van der Waals surface area (Å²) in [6.45, 7) is 0. The van der Waals surface area contributed by atoms with E-state index < -0.39 is 0 Å². The normalized spacial score (nSPS) is 12.2. The molecule has 8 aromatic carbocycles. The molecule has 198 valence electrons. The van der Waals surface area contributed by atoms with Gasteiger partial charge in [-0.1, -0.05) is 127 Å². The van der Waals surface area contributed by atoms with Gasteiger partial charge in [0, 0.05) is 10.8 Å². The summed E-state index contributed by atoms with van der Waals surface area (Å²) in [6.07, 6.45) is 0. The number of benzene rings is 8. The van der Waals surface area contributed by atoms with Gasteiger partial charge in [0.25, 0.3) is 0 Å². The van der Waals surface area contributed by atoms with Crippen LogP contribution in [0.25, 0.3) is 98.8 Å². The number of furan rings is 1. The van der Waals surface area contributed by atoms with Crippen LogP contribution in [0.2, 0.25) is 0 Å². The van der Waals surface area contributed by atoms with Crippen LogP contribution in [0.15, 0.2) is 150 Å². The molecule has 0 saturated carbocycles. The van der Waals surface area contributed by atoms with E-state index in [0.29, 0.717) is 0 Å². The van der Waals surface area contributed by atoms with Crippen molar-refractivity contribution in [3.05, 3.63) is 146 Å². The van der Waals surface area contributed by atoms with Crippen molar-refractivity contribution >= 4 is 54.3 Å². The molecule has 43 heavy (non-hydrogen) atoms. The monoisotopic (exact) mass is 544 g/mol. The second-order valence-corrected chi connectivity index (χ2v) is 11.6. The molecule has 9 aromatic rings. The maximum atomic E-state index is 6.47. The van der Waals surface area contributed by atoms with E-state index in [1.807, 2.05) is 0 Å². The Morgan fingerprint density at radius 3 is 1.84 bits per heavy atom. The Kier molecular flexibility index (Phi) is 4.51. The van der Waals surface area contributed by atoms with E-state index in [-0.39, 0.29) is 0 Å². The van der Waals surface area contributed by atoms with Crippen LogP contribution >= 0.6 is 0 Å². The topological polar surface area (TPSA) is 13.1 Å². The van der Waals surface area contributed by atoms with E-state index in [1.54, 1.807) is 0 Å². The number of fused-ring (bicyclic) bond motifs is 9. The summed E-state index contributed by atoms with van der Waals surface area (Å²) in [5, 5.41) is 10.0. The second-order valence-electron chi connectivity index (χ2n) is 11.6. The fourth-order valence-electron chi connectivity index (χ4n) is 7.55. The molecule has 0 amide bonds. The maximum absolute atomic E-state index is 6.47. The minimum Gasteiger partial charge on any atom is -0.456 e. The lowest BCUT2D eigenvalue weighted by molar-refractivity contribution is 0.669. The molecule has 0 radical (unpaired) electrons. The summed E-state index contributed by atoms with van der Waals surface area (Å²) in [7, 11) is 0. The molecule has 0 atom stereocenters. The standard InChI is InChI=1S/C42H24O/c1-2-9-27-25(8-1)18-20-32-28(12-5-13-29(27)32)26-19-23-39-38(24-26)42-36(16-7-17-40(42)43-39)33-21-22-37-31-11-4-3-10-30(31)34-14-6-15-35(33)41(34)37/h1-24H. The van der Waals surface area contributed by atoms with Crippen molar-refractivity contribution in [3.63, 3.8) is 0 Å². The van der Waals surface area contributed by atoms with Crippen LogP contribution in [-0.4, -0.2) is 0 Å². The first-order chi connectivity index (χ1) is 21.3. The fourth-order valence-corrected chi connectivity index (χ4v) is 7.55. The Morgan fingerprint density at radius 1 is 0.302 bits per heavy atom. The van der Waals surface area contributed by atoms with Crippen molar-refractivity contribution in [2.24, 2.45) is 0 Å². The molecular weight excluding hydrogens is 520 g/mol. The molecule has 1 nitrogen and oxygen atoms in total. The third kappa shape index (κ3) is 3.11. The zero-order valence-corrected chi connectivity index (χ0v) is 23.3. The predicted molar refractivity (Wildman–Crippen MR) is 182 cm³/mol. The molecule has 1 aliphatic rings. The van der Waals surface area contributed by atoms with E-state index in [0.717, 1.165) is 16.6 Å². The summed E-state index contributed by atoms with van der Waals surface area (Å²) in [5.41, 5.74) is 12.0. The highest BCUT2D eigenvalue weighted by Gasteiger charge is 2.23. The van der Waals surface area contributed by atoms with Crippen LogP contribution in [0, 0.1) is 0 Å². The van der Waals surface area contributed by atoms with Gasteiger partial charge in [-0.25, -0.2) is 0 Å². The zero-order valence-electron chi connectivity index (χ0n) is 23.3. The Hall–Kier alpha value is -5.66. The number of hydrogen-bond acceptors (Lipinski definition) is 1. The van der Waals surface area contributed by atoms with Gasteiger partial charge in [-0.2, -0.15) is 0 Å². The van der Waals surface area contributed by atoms with Crippen molar-refractivity contribution in [2.75, 3.05) is 0 Å². The minimum absolute atomic E-state index is 0.912. The fraction of sp³-hybridized carbons (Fsp3) is 0. The lowest BCUT2D eigenvalue weighted by atomic mass is 9.91. The third-order valence-electron chi connectivity index (χ3n) is 9.43. The molecule has 10 rings (SSSR count). The molecule has 0 spiro atoms. The van der Waals surface area contributed by atoms with Gasteiger partial charge in [0.05, 0.1) is 0 Å². The van der Waals surface area contributed by atoms with Gasteiger partial charge in [0.2, 0.25) is 0 Å². The van der Waals surface area contributed by atoms with Gasteiger partial charge in [0.1, 0.15) is 11.2 Å². The van der Waals surface area contributed by atoms with Crippen molar-refractivity contribution in [2.45, 2.75) is 0 Å². The zero-order chi connectivity index (χ0) is 28.1. The summed E-state index contributed by atoms with van der Waals surface area (Å²) in [5.74, 6) is 0. The first-order valence-electron chi connectivity index (χ1n) is 14.9. The van der Waals surface area contributed by atoms with Gasteiger partial charge in [-0.3, -0.25) is 0 Å². The SMILES string of the molecule is c1ccc2c(c1)-c1cccc3c(-c4cccc5oc6ccc(-c7cccc8c7ccc7ccccc78)cc6c45)ccc-2c13. The summed E-state index contributed by atoms with van der Waals surface area (Å²) in [6, 6.07) is 53.0. The molecular formula is C42H24O. The highest BCUT2D eigenvalue weighted by atomic mass is 16.3. The molecule has 1 heteroatoms. The quantitative estimate of drug-likeness (QED) is 0.197. The van der Waals surface area contributed by atoms with Crippen molar-refractivity contribution in [3.8, 4) is 44.5 Å². The van der Waals surface area contributed by atoms with Crippen molar-refractivity contribution in [1.82, 2.24) is 0 Å². The van der Waals surface area contributed by atoms with Crippen LogP contribution in [0.4, 0.5) is 0 Å². The molecule has 0 aliphatic heterocycles. The second kappa shape index (κ2) is 8.44. The molecule has 1 heterocycles. The third-order valence-corrected chi connectivity index (χ3v) is 9.43. The largest absolute Gasteiger partial charge is 0.456 e. The average Bonchev–Trinajstić information content (AvgIpc) is 3.61. The van der Waals surface area contributed by atoms with E-state index >= 15 is 0 Å². The van der Waals surface area contributed by atoms with Crippen LogP contribution < -0.4 is 0 Å². The lowest BCUT2D eigenvalue weighted by Gasteiger charge is -2.11. The molecule has 0 fully saturated rings. The Bertz CT molecular complexity index is 2590. The first kappa shape index (κ1) is 23.0. The summed E-state index contributed by atoms with van der Waals surface area (Å²) in [4.78, 5) is 0. The highest BCUT2D eigenvalue weighted by Crippen LogP contribution is 2.50. The van der Waals surface area contributed by atoms with Crippen molar-refractivity contribution < 1.29 is 4.42 Å². The molecule has 1 aliphatic carbocycles. The van der Waals surface area contributed by atoms with E-state index in [1.165, 1.54) is 82.2 Å². The highest BCUT2D eigenvalue weighted by molar-refractivity contribution is 6.22. The number of hydrogen-bond donors (Lipinski definition) is 0. The van der Waals surface area contributed by atoms with Gasteiger partial charge in [-0.15, -0.1) is 0 Å². The van der Waals surface area contributed by atoms with Crippen LogP contribution in [0.3, 0.4) is 0 Å². The van der Waals surface area contributed by atoms with Crippen LogP contribution in [0.5, 0.6) is 0 Å². The first-order valence-corrected chi connectivity index (χ1v) is 14.9. The minimum atomic E-state index is 0.912. The Labute approximate surface area is 248 Å². The molecule has 0 saturated heterocycles. The average molecular weight is 545 g/mol. The van der Waals surface area contributed by atoms with E-state index in [9.17, 15) is 0 Å². The maximum Gasteiger partial charge on any atom is 0.136 e. The van der Waals surface area contributed by atoms with E-state index in [2.05, 4.69) is 146 Å². The Morgan fingerprint density at radius 2 is 0.953 bits per heavy atom. The van der Waals surface area contributed by atoms with Crippen LogP contribution in [0.1, 0.15) is 0 Å². The van der Waals surface area contributed by atoms with Gasteiger partial charge in [-0.05, 0) is 95.0 Å². The summed E-state index contributed by atoms with van der Waals surface area (Å²) < 4.78 is 6.47. The number of rotatable bonds is 2. The molecule has 0 bridgehead atoms. The Balaban J connectivity index is 1.23. The predicted octanol–water partition coefficient (Wildman–Crippen LogP) is 12.0. The molecule has 0 unspecified atom stereocenters. The van der Waals surface area contributed by atoms with Crippen molar-refractivity contribution in [1.29, 1.82) is 0 Å². The molecule has 0 N–H and O–H groups in total. The summed E-state index contributed by atoms with van der Waals surface area (Å²) >= 11 is 0. The lowest BCUT2D eigenvalue weighted by Crippen LogP contribution is -1.85.